The molecule has 0 aromatic heterocycles. The number of carbonyl (C=O) groups is 1. The van der Waals surface area contributed by atoms with Gasteiger partial charge in [-0.3, -0.25) is 0 Å². The number of nitrogens with two attached hydrogens (primary N) is 1. The monoisotopic (exact) mass is 383 g/mol. The van der Waals surface area contributed by atoms with E-state index in [4.69, 9.17) is 26.2 Å². The standard InChI is InChI=1S/C11H11BrClNO5S/c12-10-8(13)3-6(4-9(10)20(14,16)17)11(15)19-7-1-2-18-5-7/h3-4,7H,1-2,5H2,(H2,14,16,17). The summed E-state index contributed by atoms with van der Waals surface area (Å²) in [4.78, 5) is 11.7. The maximum atomic E-state index is 12.0. The second kappa shape index (κ2) is 5.98. The van der Waals surface area contributed by atoms with E-state index in [-0.39, 0.29) is 26.1 Å². The average molecular weight is 385 g/mol. The van der Waals surface area contributed by atoms with Crippen molar-refractivity contribution >= 4 is 43.5 Å². The molecule has 2 N–H and O–H groups in total. The zero-order chi connectivity index (χ0) is 14.9. The summed E-state index contributed by atoms with van der Waals surface area (Å²) in [5, 5.41) is 5.13. The van der Waals surface area contributed by atoms with Gasteiger partial charge in [-0.15, -0.1) is 0 Å². The predicted octanol–water partition coefficient (Wildman–Crippen LogP) is 1.70. The highest BCUT2D eigenvalue weighted by atomic mass is 79.9. The van der Waals surface area contributed by atoms with Crippen molar-refractivity contribution in [3.63, 3.8) is 0 Å². The van der Waals surface area contributed by atoms with Gasteiger partial charge in [-0.25, -0.2) is 18.4 Å². The number of halogens is 2. The van der Waals surface area contributed by atoms with Crippen molar-refractivity contribution in [3.05, 3.63) is 27.2 Å². The molecule has 1 unspecified atom stereocenters. The Balaban J connectivity index is 2.32. The molecular formula is C11H11BrClNO5S. The van der Waals surface area contributed by atoms with Crippen LogP contribution >= 0.6 is 27.5 Å². The van der Waals surface area contributed by atoms with E-state index >= 15 is 0 Å². The minimum atomic E-state index is -4.00. The molecule has 1 atom stereocenters. The number of benzene rings is 1. The summed E-state index contributed by atoms with van der Waals surface area (Å²) in [6.07, 6.45) is 0.278. The normalized spacial score (nSPS) is 19.1. The smallest absolute Gasteiger partial charge is 0.338 e. The van der Waals surface area contributed by atoms with Crippen molar-refractivity contribution in [2.75, 3.05) is 13.2 Å². The van der Waals surface area contributed by atoms with Gasteiger partial charge in [0.2, 0.25) is 10.0 Å². The van der Waals surface area contributed by atoms with E-state index in [0.717, 1.165) is 6.07 Å². The van der Waals surface area contributed by atoms with Crippen molar-refractivity contribution in [3.8, 4) is 0 Å². The van der Waals surface area contributed by atoms with Crippen LogP contribution in [0.5, 0.6) is 0 Å². The molecule has 1 heterocycles. The van der Waals surface area contributed by atoms with Crippen molar-refractivity contribution < 1.29 is 22.7 Å². The molecule has 1 aromatic carbocycles. The third-order valence-corrected chi connectivity index (χ3v) is 5.28. The SMILES string of the molecule is NS(=O)(=O)c1cc(C(=O)OC2CCOC2)cc(Cl)c1Br. The summed E-state index contributed by atoms with van der Waals surface area (Å²) in [6, 6.07) is 2.45. The highest BCUT2D eigenvalue weighted by Gasteiger charge is 2.24. The third kappa shape index (κ3) is 3.50. The molecule has 0 saturated carbocycles. The van der Waals surface area contributed by atoms with Crippen LogP contribution in [0.2, 0.25) is 5.02 Å². The second-order valence-electron chi connectivity index (χ2n) is 4.21. The van der Waals surface area contributed by atoms with Crippen molar-refractivity contribution in [1.29, 1.82) is 0 Å². The lowest BCUT2D eigenvalue weighted by molar-refractivity contribution is 0.0270. The fourth-order valence-corrected chi connectivity index (χ4v) is 3.55. The first-order valence-corrected chi connectivity index (χ1v) is 8.31. The molecule has 0 aliphatic carbocycles. The molecule has 0 radical (unpaired) electrons. The summed E-state index contributed by atoms with van der Waals surface area (Å²) in [5.41, 5.74) is 0.0223. The maximum absolute atomic E-state index is 12.0. The minimum absolute atomic E-state index is 0.0223. The second-order valence-corrected chi connectivity index (χ2v) is 6.94. The van der Waals surface area contributed by atoms with Gasteiger partial charge in [0, 0.05) is 6.42 Å². The zero-order valence-electron chi connectivity index (χ0n) is 10.1. The summed E-state index contributed by atoms with van der Waals surface area (Å²) in [6.45, 7) is 0.861. The van der Waals surface area contributed by atoms with Gasteiger partial charge in [-0.1, -0.05) is 11.6 Å². The van der Waals surface area contributed by atoms with Crippen molar-refractivity contribution in [2.24, 2.45) is 5.14 Å². The van der Waals surface area contributed by atoms with Crippen LogP contribution < -0.4 is 5.14 Å². The summed E-state index contributed by atoms with van der Waals surface area (Å²) in [7, 11) is -4.00. The molecule has 20 heavy (non-hydrogen) atoms. The Morgan fingerprint density at radius 2 is 2.20 bits per heavy atom. The van der Waals surface area contributed by atoms with Gasteiger partial charge < -0.3 is 9.47 Å². The minimum Gasteiger partial charge on any atom is -0.456 e. The first kappa shape index (κ1) is 15.7. The molecule has 1 fully saturated rings. The van der Waals surface area contributed by atoms with Gasteiger partial charge in [0.1, 0.15) is 6.10 Å². The first-order chi connectivity index (χ1) is 9.29. The largest absolute Gasteiger partial charge is 0.456 e. The van der Waals surface area contributed by atoms with Crippen LogP contribution in [0.3, 0.4) is 0 Å². The molecule has 0 bridgehead atoms. The fourth-order valence-electron chi connectivity index (χ4n) is 1.71. The molecule has 2 rings (SSSR count). The number of rotatable bonds is 3. The van der Waals surface area contributed by atoms with Crippen molar-refractivity contribution in [1.82, 2.24) is 0 Å². The Morgan fingerprint density at radius 3 is 2.75 bits per heavy atom. The van der Waals surface area contributed by atoms with E-state index < -0.39 is 16.0 Å². The molecule has 1 aliphatic heterocycles. The highest BCUT2D eigenvalue weighted by Crippen LogP contribution is 2.31. The summed E-state index contributed by atoms with van der Waals surface area (Å²) >= 11 is 8.91. The van der Waals surface area contributed by atoms with Gasteiger partial charge in [0.15, 0.2) is 0 Å². The summed E-state index contributed by atoms with van der Waals surface area (Å²) in [5.74, 6) is -0.667. The Morgan fingerprint density at radius 1 is 1.50 bits per heavy atom. The van der Waals surface area contributed by atoms with Crippen LogP contribution in [-0.2, 0) is 19.5 Å². The number of hydrogen-bond donors (Lipinski definition) is 1. The van der Waals surface area contributed by atoms with E-state index in [1.165, 1.54) is 6.07 Å². The Hall–Kier alpha value is -0.670. The van der Waals surface area contributed by atoms with Gasteiger partial charge in [0.05, 0.1) is 33.2 Å². The molecule has 0 spiro atoms. The van der Waals surface area contributed by atoms with Crippen molar-refractivity contribution in [2.45, 2.75) is 17.4 Å². The van der Waals surface area contributed by atoms with Crippen LogP contribution in [0.1, 0.15) is 16.8 Å². The average Bonchev–Trinajstić information content (AvgIpc) is 2.83. The molecule has 6 nitrogen and oxygen atoms in total. The van der Waals surface area contributed by atoms with Crippen LogP contribution in [0.15, 0.2) is 21.5 Å². The molecule has 0 amide bonds. The molecule has 1 aliphatic rings. The molecular weight excluding hydrogens is 374 g/mol. The number of hydrogen-bond acceptors (Lipinski definition) is 5. The number of ether oxygens (including phenoxy) is 2. The molecule has 110 valence electrons. The molecule has 1 saturated heterocycles. The highest BCUT2D eigenvalue weighted by molar-refractivity contribution is 9.10. The Bertz CT molecular complexity index is 642. The summed E-state index contributed by atoms with van der Waals surface area (Å²) < 4.78 is 33.3. The predicted molar refractivity (Wildman–Crippen MR) is 75.2 cm³/mol. The lowest BCUT2D eigenvalue weighted by Crippen LogP contribution is -2.19. The number of esters is 1. The van der Waals surface area contributed by atoms with Gasteiger partial charge in [-0.05, 0) is 28.1 Å². The van der Waals surface area contributed by atoms with Crippen LogP contribution in [0, 0.1) is 0 Å². The zero-order valence-corrected chi connectivity index (χ0v) is 13.3. The van der Waals surface area contributed by atoms with Crippen LogP contribution in [0.4, 0.5) is 0 Å². The first-order valence-electron chi connectivity index (χ1n) is 5.59. The molecule has 1 aromatic rings. The van der Waals surface area contributed by atoms with Crippen LogP contribution in [0.25, 0.3) is 0 Å². The van der Waals surface area contributed by atoms with Gasteiger partial charge in [0.25, 0.3) is 0 Å². The van der Waals surface area contributed by atoms with E-state index in [2.05, 4.69) is 15.9 Å². The van der Waals surface area contributed by atoms with E-state index in [1.807, 2.05) is 0 Å². The van der Waals surface area contributed by atoms with Gasteiger partial charge in [-0.2, -0.15) is 0 Å². The fraction of sp³-hybridized carbons (Fsp3) is 0.364. The maximum Gasteiger partial charge on any atom is 0.338 e. The van der Waals surface area contributed by atoms with E-state index in [9.17, 15) is 13.2 Å². The third-order valence-electron chi connectivity index (χ3n) is 2.70. The Kier molecular flexibility index (Phi) is 4.70. The van der Waals surface area contributed by atoms with Gasteiger partial charge >= 0.3 is 5.97 Å². The number of primary sulfonamides is 1. The molecule has 9 heteroatoms. The topological polar surface area (TPSA) is 95.7 Å². The van der Waals surface area contributed by atoms with E-state index in [1.54, 1.807) is 0 Å². The Labute approximate surface area is 129 Å². The lowest BCUT2D eigenvalue weighted by atomic mass is 10.2. The number of carbonyl (C=O) groups excluding carboxylic acids is 1. The van der Waals surface area contributed by atoms with Crippen LogP contribution in [-0.4, -0.2) is 33.7 Å². The quantitative estimate of drug-likeness (QED) is 0.800. The number of sulfonamides is 1. The van der Waals surface area contributed by atoms with E-state index in [0.29, 0.717) is 19.6 Å². The lowest BCUT2D eigenvalue weighted by Gasteiger charge is -2.12.